The Bertz CT molecular complexity index is 971. The van der Waals surface area contributed by atoms with Crippen molar-refractivity contribution in [2.75, 3.05) is 36.1 Å². The first kappa shape index (κ1) is 17.7. The Kier molecular flexibility index (Phi) is 4.60. The van der Waals surface area contributed by atoms with Crippen LogP contribution >= 0.6 is 23.5 Å². The molecular formula is C17H16F2N2O3S2. The summed E-state index contributed by atoms with van der Waals surface area (Å²) in [5, 5.41) is 0.258. The van der Waals surface area contributed by atoms with Gasteiger partial charge in [-0.3, -0.25) is 4.79 Å². The summed E-state index contributed by atoms with van der Waals surface area (Å²) in [6.07, 6.45) is 0. The molecular weight excluding hydrogens is 382 g/mol. The molecule has 0 saturated carbocycles. The number of hydrogen-bond donors (Lipinski definition) is 0. The SMILES string of the molecule is CCOC(=O)c1c2n(c3c(F)c(N4CCSCC4)c(F)cc3c1=O)CS2. The Balaban J connectivity index is 1.97. The number of esters is 1. The first-order valence-corrected chi connectivity index (χ1v) is 10.4. The minimum absolute atomic E-state index is 0.0615. The van der Waals surface area contributed by atoms with Gasteiger partial charge in [0.25, 0.3) is 0 Å². The number of fused-ring (bicyclic) bond motifs is 3. The van der Waals surface area contributed by atoms with Gasteiger partial charge in [0.05, 0.1) is 28.4 Å². The van der Waals surface area contributed by atoms with Gasteiger partial charge in [-0.05, 0) is 13.0 Å². The van der Waals surface area contributed by atoms with Gasteiger partial charge in [0.1, 0.15) is 17.1 Å². The molecule has 0 N–H and O–H groups in total. The van der Waals surface area contributed by atoms with Crippen molar-refractivity contribution in [3.05, 3.63) is 33.5 Å². The number of carbonyl (C=O) groups excluding carboxylic acids is 1. The molecule has 1 aromatic carbocycles. The molecule has 2 aliphatic heterocycles. The van der Waals surface area contributed by atoms with Gasteiger partial charge in [0, 0.05) is 24.6 Å². The molecule has 0 atom stereocenters. The third-order valence-electron chi connectivity index (χ3n) is 4.51. The smallest absolute Gasteiger partial charge is 0.344 e. The zero-order valence-electron chi connectivity index (χ0n) is 14.0. The van der Waals surface area contributed by atoms with Crippen LogP contribution in [0.1, 0.15) is 17.3 Å². The van der Waals surface area contributed by atoms with Crippen LogP contribution in [0.25, 0.3) is 10.9 Å². The molecule has 0 bridgehead atoms. The van der Waals surface area contributed by atoms with Crippen LogP contribution in [0.2, 0.25) is 0 Å². The summed E-state index contributed by atoms with van der Waals surface area (Å²) < 4.78 is 36.5. The molecule has 0 unspecified atom stereocenters. The maximum absolute atomic E-state index is 15.3. The molecule has 2 aromatic rings. The summed E-state index contributed by atoms with van der Waals surface area (Å²) in [7, 11) is 0. The summed E-state index contributed by atoms with van der Waals surface area (Å²) >= 11 is 3.02. The van der Waals surface area contributed by atoms with Gasteiger partial charge in [-0.15, -0.1) is 0 Å². The van der Waals surface area contributed by atoms with E-state index < -0.39 is 23.0 Å². The molecule has 5 nitrogen and oxygen atoms in total. The van der Waals surface area contributed by atoms with Crippen molar-refractivity contribution in [3.8, 4) is 0 Å². The van der Waals surface area contributed by atoms with Gasteiger partial charge in [-0.25, -0.2) is 13.6 Å². The highest BCUT2D eigenvalue weighted by molar-refractivity contribution is 7.99. The number of carbonyl (C=O) groups is 1. The highest BCUT2D eigenvalue weighted by Crippen LogP contribution is 2.40. The zero-order valence-corrected chi connectivity index (χ0v) is 15.6. The van der Waals surface area contributed by atoms with Gasteiger partial charge in [0.2, 0.25) is 5.43 Å². The van der Waals surface area contributed by atoms with Crippen molar-refractivity contribution in [2.24, 2.45) is 0 Å². The molecule has 1 fully saturated rings. The van der Waals surface area contributed by atoms with Crippen molar-refractivity contribution in [1.82, 2.24) is 4.57 Å². The number of thioether (sulfide) groups is 2. The molecule has 1 saturated heterocycles. The van der Waals surface area contributed by atoms with Crippen molar-refractivity contribution in [2.45, 2.75) is 17.8 Å². The summed E-state index contributed by atoms with van der Waals surface area (Å²) in [6.45, 7) is 2.86. The fourth-order valence-corrected chi connectivity index (χ4v) is 5.13. The lowest BCUT2D eigenvalue weighted by Gasteiger charge is -2.31. The van der Waals surface area contributed by atoms with Crippen LogP contribution in [0.3, 0.4) is 0 Å². The summed E-state index contributed by atoms with van der Waals surface area (Å²) in [6, 6.07) is 1.05. The lowest BCUT2D eigenvalue weighted by atomic mass is 10.1. The molecule has 9 heteroatoms. The molecule has 0 spiro atoms. The molecule has 26 heavy (non-hydrogen) atoms. The normalized spacial score (nSPS) is 16.3. The second-order valence-electron chi connectivity index (χ2n) is 5.95. The predicted octanol–water partition coefficient (Wildman–Crippen LogP) is 3.07. The molecule has 2 aliphatic rings. The van der Waals surface area contributed by atoms with Gasteiger partial charge in [-0.2, -0.15) is 11.8 Å². The Morgan fingerprint density at radius 1 is 1.31 bits per heavy atom. The van der Waals surface area contributed by atoms with Crippen LogP contribution in [0.4, 0.5) is 14.5 Å². The largest absolute Gasteiger partial charge is 0.462 e. The summed E-state index contributed by atoms with van der Waals surface area (Å²) in [4.78, 5) is 26.6. The number of ether oxygens (including phenoxy) is 1. The molecule has 1 aromatic heterocycles. The number of benzene rings is 1. The maximum atomic E-state index is 15.3. The number of rotatable bonds is 3. The molecule has 0 radical (unpaired) electrons. The number of anilines is 1. The van der Waals surface area contributed by atoms with Crippen molar-refractivity contribution in [3.63, 3.8) is 0 Å². The summed E-state index contributed by atoms with van der Waals surface area (Å²) in [5.41, 5.74) is -0.855. The first-order valence-electron chi connectivity index (χ1n) is 8.25. The van der Waals surface area contributed by atoms with Crippen LogP contribution in [0.15, 0.2) is 15.9 Å². The van der Waals surface area contributed by atoms with Crippen LogP contribution in [-0.2, 0) is 10.6 Å². The second-order valence-corrected chi connectivity index (χ2v) is 8.11. The number of pyridine rings is 1. The van der Waals surface area contributed by atoms with Crippen LogP contribution in [-0.4, -0.2) is 41.7 Å². The average molecular weight is 398 g/mol. The number of halogens is 2. The Hall–Kier alpha value is -1.74. The third-order valence-corrected chi connectivity index (χ3v) is 6.53. The van der Waals surface area contributed by atoms with Crippen LogP contribution in [0, 0.1) is 11.6 Å². The highest BCUT2D eigenvalue weighted by Gasteiger charge is 2.32. The van der Waals surface area contributed by atoms with Crippen molar-refractivity contribution < 1.29 is 18.3 Å². The van der Waals surface area contributed by atoms with Crippen LogP contribution in [0.5, 0.6) is 0 Å². The fourth-order valence-electron chi connectivity index (χ4n) is 3.29. The standard InChI is InChI=1S/C17H16F2N2O3S2/c1-2-24-17(23)11-15(22)9-7-10(18)14(20-3-5-25-6-4-20)12(19)13(9)21-8-26-16(11)21/h7H,2-6,8H2,1H3. The number of aromatic nitrogens is 1. The maximum Gasteiger partial charge on any atom is 0.344 e. The number of hydrogen-bond acceptors (Lipinski definition) is 6. The first-order chi connectivity index (χ1) is 12.5. The van der Waals surface area contributed by atoms with Gasteiger partial charge in [0.15, 0.2) is 5.82 Å². The number of nitrogens with zero attached hydrogens (tertiary/aromatic N) is 2. The molecule has 138 valence electrons. The Labute approximate surface area is 156 Å². The lowest BCUT2D eigenvalue weighted by molar-refractivity contribution is 0.0518. The second kappa shape index (κ2) is 6.77. The van der Waals surface area contributed by atoms with Gasteiger partial charge in [-0.1, -0.05) is 11.8 Å². The van der Waals surface area contributed by atoms with E-state index in [2.05, 4.69) is 0 Å². The minimum Gasteiger partial charge on any atom is -0.462 e. The van der Waals surface area contributed by atoms with Gasteiger partial charge < -0.3 is 14.2 Å². The third kappa shape index (κ3) is 2.60. The fraction of sp³-hybridized carbons (Fsp3) is 0.412. The van der Waals surface area contributed by atoms with E-state index in [1.807, 2.05) is 0 Å². The van der Waals surface area contributed by atoms with Gasteiger partial charge >= 0.3 is 5.97 Å². The average Bonchev–Trinajstić information content (AvgIpc) is 2.60. The Morgan fingerprint density at radius 2 is 2.04 bits per heavy atom. The molecule has 3 heterocycles. The van der Waals surface area contributed by atoms with E-state index in [1.165, 1.54) is 11.8 Å². The lowest BCUT2D eigenvalue weighted by Crippen LogP contribution is -2.34. The van der Waals surface area contributed by atoms with E-state index in [9.17, 15) is 14.0 Å². The molecule has 4 rings (SSSR count). The zero-order chi connectivity index (χ0) is 18.4. The van der Waals surface area contributed by atoms with Crippen molar-refractivity contribution in [1.29, 1.82) is 0 Å². The van der Waals surface area contributed by atoms with E-state index in [4.69, 9.17) is 4.74 Å². The van der Waals surface area contributed by atoms with Crippen LogP contribution < -0.4 is 10.3 Å². The van der Waals surface area contributed by atoms with E-state index in [0.717, 1.165) is 17.6 Å². The molecule has 0 aliphatic carbocycles. The van der Waals surface area contributed by atoms with E-state index in [1.54, 1.807) is 28.2 Å². The predicted molar refractivity (Wildman–Crippen MR) is 99.5 cm³/mol. The monoisotopic (exact) mass is 398 g/mol. The van der Waals surface area contributed by atoms with E-state index >= 15 is 4.39 Å². The topological polar surface area (TPSA) is 51.5 Å². The summed E-state index contributed by atoms with van der Waals surface area (Å²) in [5.74, 6) is -0.272. The van der Waals surface area contributed by atoms with E-state index in [0.29, 0.717) is 24.0 Å². The Morgan fingerprint density at radius 3 is 2.65 bits per heavy atom. The highest BCUT2D eigenvalue weighted by atomic mass is 32.2. The van der Waals surface area contributed by atoms with E-state index in [-0.39, 0.29) is 28.8 Å². The minimum atomic E-state index is -0.777. The van der Waals surface area contributed by atoms with Crippen molar-refractivity contribution >= 4 is 46.1 Å². The quantitative estimate of drug-likeness (QED) is 0.741. The molecule has 0 amide bonds.